The molecule has 6 N–H and O–H groups in total. The van der Waals surface area contributed by atoms with Crippen molar-refractivity contribution >= 4 is 17.0 Å². The Kier molecular flexibility index (Phi) is 8.21. The van der Waals surface area contributed by atoms with Crippen LogP contribution in [0.1, 0.15) is 41.2 Å². The Balaban J connectivity index is 1.22. The second kappa shape index (κ2) is 12.2. The van der Waals surface area contributed by atoms with Gasteiger partial charge in [0.2, 0.25) is 5.56 Å². The number of hydrogen-bond acceptors (Lipinski definition) is 6. The number of aliphatic hydroxyl groups is 1. The summed E-state index contributed by atoms with van der Waals surface area (Å²) in [6.45, 7) is 3.86. The van der Waals surface area contributed by atoms with Gasteiger partial charge in [0, 0.05) is 30.5 Å². The van der Waals surface area contributed by atoms with Gasteiger partial charge >= 0.3 is 6.09 Å². The lowest BCUT2D eigenvalue weighted by molar-refractivity contribution is 0.00721. The Hall–Kier alpha value is -4.18. The molecule has 9 nitrogen and oxygen atoms in total. The van der Waals surface area contributed by atoms with E-state index in [4.69, 9.17) is 0 Å². The summed E-state index contributed by atoms with van der Waals surface area (Å²) in [5.41, 5.74) is 2.69. The number of carboxylic acid groups (broad SMARTS) is 1. The van der Waals surface area contributed by atoms with E-state index < -0.39 is 17.7 Å². The molecule has 224 valence electrons. The topological polar surface area (TPSA) is 138 Å². The van der Waals surface area contributed by atoms with Crippen molar-refractivity contribution in [3.8, 4) is 5.75 Å². The zero-order chi connectivity index (χ0) is 30.0. The predicted octanol–water partition coefficient (Wildman–Crippen LogP) is 3.95. The molecule has 3 saturated heterocycles. The highest BCUT2D eigenvalue weighted by Crippen LogP contribution is 2.47. The number of carbonyl (C=O) groups is 1. The highest BCUT2D eigenvalue weighted by molar-refractivity contribution is 5.87. The largest absolute Gasteiger partial charge is 0.506 e. The van der Waals surface area contributed by atoms with Crippen molar-refractivity contribution in [2.24, 2.45) is 11.8 Å². The Morgan fingerprint density at radius 1 is 1.00 bits per heavy atom. The zero-order valence-corrected chi connectivity index (χ0v) is 24.0. The summed E-state index contributed by atoms with van der Waals surface area (Å²) < 4.78 is 0. The lowest BCUT2D eigenvalue weighted by Gasteiger charge is -2.53. The number of nitrogens with zero attached hydrogens (tertiary/aromatic N) is 1. The van der Waals surface area contributed by atoms with Gasteiger partial charge in [0.25, 0.3) is 0 Å². The van der Waals surface area contributed by atoms with Gasteiger partial charge in [-0.3, -0.25) is 4.79 Å². The van der Waals surface area contributed by atoms with Gasteiger partial charge < -0.3 is 35.8 Å². The molecule has 7 rings (SSSR count). The quantitative estimate of drug-likeness (QED) is 0.156. The normalized spacial score (nSPS) is 21.7. The maximum Gasteiger partial charge on any atom is 0.405 e. The average Bonchev–Trinajstić information content (AvgIpc) is 3.03. The van der Waals surface area contributed by atoms with Crippen molar-refractivity contribution in [2.45, 2.75) is 30.9 Å². The summed E-state index contributed by atoms with van der Waals surface area (Å²) in [6.07, 6.45) is 0.940. The van der Waals surface area contributed by atoms with E-state index in [9.17, 15) is 24.9 Å². The lowest BCUT2D eigenvalue weighted by atomic mass is 9.63. The first kappa shape index (κ1) is 28.9. The van der Waals surface area contributed by atoms with Gasteiger partial charge in [-0.05, 0) is 79.2 Å². The molecule has 9 heteroatoms. The molecule has 1 amide bonds. The minimum Gasteiger partial charge on any atom is -0.506 e. The number of amides is 1. The predicted molar refractivity (Wildman–Crippen MR) is 165 cm³/mol. The number of nitrogens with one attached hydrogen (secondary N) is 3. The van der Waals surface area contributed by atoms with Gasteiger partial charge in [-0.2, -0.15) is 0 Å². The number of aromatic hydroxyl groups is 1. The summed E-state index contributed by atoms with van der Waals surface area (Å²) in [7, 11) is 0. The van der Waals surface area contributed by atoms with Crippen LogP contribution < -0.4 is 16.2 Å². The Labute approximate surface area is 250 Å². The molecule has 0 saturated carbocycles. The van der Waals surface area contributed by atoms with Crippen molar-refractivity contribution < 1.29 is 20.1 Å². The van der Waals surface area contributed by atoms with Crippen LogP contribution in [0.4, 0.5) is 4.79 Å². The van der Waals surface area contributed by atoms with Crippen molar-refractivity contribution in [1.82, 2.24) is 20.5 Å². The molecule has 2 bridgehead atoms. The van der Waals surface area contributed by atoms with Gasteiger partial charge in [-0.25, -0.2) is 4.79 Å². The van der Waals surface area contributed by atoms with E-state index in [2.05, 4.69) is 32.7 Å². The van der Waals surface area contributed by atoms with Crippen LogP contribution in [-0.4, -0.2) is 64.0 Å². The molecule has 3 atom stereocenters. The van der Waals surface area contributed by atoms with Crippen molar-refractivity contribution in [2.75, 3.05) is 32.7 Å². The number of fused-ring (bicyclic) bond motifs is 4. The minimum atomic E-state index is -1.04. The van der Waals surface area contributed by atoms with E-state index in [1.807, 2.05) is 42.5 Å². The number of phenols is 1. The van der Waals surface area contributed by atoms with Crippen LogP contribution in [-0.2, 0) is 12.0 Å². The number of hydrogen-bond donors (Lipinski definition) is 6. The highest BCUT2D eigenvalue weighted by Gasteiger charge is 2.50. The molecule has 0 aliphatic carbocycles. The summed E-state index contributed by atoms with van der Waals surface area (Å²) in [6, 6.07) is 24.3. The van der Waals surface area contributed by atoms with E-state index in [0.717, 1.165) is 49.2 Å². The minimum absolute atomic E-state index is 0.0429. The van der Waals surface area contributed by atoms with Gasteiger partial charge in [0.05, 0.1) is 17.2 Å². The molecule has 3 aromatic carbocycles. The van der Waals surface area contributed by atoms with Crippen LogP contribution in [0.15, 0.2) is 83.7 Å². The monoisotopic (exact) mass is 582 g/mol. The molecule has 43 heavy (non-hydrogen) atoms. The molecule has 3 aliphatic heterocycles. The van der Waals surface area contributed by atoms with E-state index in [1.165, 1.54) is 12.1 Å². The van der Waals surface area contributed by atoms with E-state index in [1.54, 1.807) is 12.1 Å². The number of aromatic nitrogens is 1. The van der Waals surface area contributed by atoms with Gasteiger partial charge in [-0.15, -0.1) is 0 Å². The van der Waals surface area contributed by atoms with Crippen LogP contribution in [0.25, 0.3) is 10.9 Å². The van der Waals surface area contributed by atoms with Crippen LogP contribution in [0.3, 0.4) is 0 Å². The van der Waals surface area contributed by atoms with E-state index >= 15 is 0 Å². The summed E-state index contributed by atoms with van der Waals surface area (Å²) in [5.74, 6) is 0.489. The number of aromatic amines is 1. The van der Waals surface area contributed by atoms with Crippen molar-refractivity contribution in [3.63, 3.8) is 0 Å². The summed E-state index contributed by atoms with van der Waals surface area (Å²) in [4.78, 5) is 29.2. The van der Waals surface area contributed by atoms with Crippen LogP contribution >= 0.6 is 0 Å². The molecule has 3 aliphatic rings. The fraction of sp³-hybridized carbons (Fsp3) is 0.353. The van der Waals surface area contributed by atoms with Gasteiger partial charge in [-0.1, -0.05) is 60.7 Å². The number of H-pyrrole nitrogens is 1. The Bertz CT molecular complexity index is 1650. The molecule has 3 fully saturated rings. The molecular weight excluding hydrogens is 544 g/mol. The number of phenolic OH excluding ortho intramolecular Hbond substituents is 1. The molecule has 4 aromatic rings. The van der Waals surface area contributed by atoms with E-state index in [0.29, 0.717) is 35.3 Å². The van der Waals surface area contributed by atoms with Crippen LogP contribution in [0.5, 0.6) is 5.75 Å². The first-order valence-corrected chi connectivity index (χ1v) is 15.0. The van der Waals surface area contributed by atoms with Gasteiger partial charge in [0.15, 0.2) is 0 Å². The average molecular weight is 583 g/mol. The number of pyridine rings is 1. The molecule has 4 heterocycles. The third kappa shape index (κ3) is 5.76. The smallest absolute Gasteiger partial charge is 0.405 e. The summed E-state index contributed by atoms with van der Waals surface area (Å²) >= 11 is 0. The first-order valence-electron chi connectivity index (χ1n) is 15.0. The Morgan fingerprint density at radius 2 is 1.77 bits per heavy atom. The molecular formula is C34H38N4O5. The SMILES string of the molecule is O=C(O)NC(c1ccccc1)(c1cccc(CCNCC(O)c2ccc(O)c3[nH]c(=O)ccc23)c1)C1CN2CCC1CC2. The highest BCUT2D eigenvalue weighted by atomic mass is 16.4. The van der Waals surface area contributed by atoms with E-state index in [-0.39, 0.29) is 23.8 Å². The maximum atomic E-state index is 12.4. The maximum absolute atomic E-state index is 12.4. The number of benzene rings is 3. The van der Waals surface area contributed by atoms with Crippen molar-refractivity contribution in [3.05, 3.63) is 111 Å². The first-order chi connectivity index (χ1) is 20.8. The lowest BCUT2D eigenvalue weighted by Crippen LogP contribution is -2.61. The van der Waals surface area contributed by atoms with Crippen LogP contribution in [0, 0.1) is 11.8 Å². The number of aliphatic hydroxyl groups excluding tert-OH is 1. The molecule has 1 aromatic heterocycles. The van der Waals surface area contributed by atoms with Gasteiger partial charge in [0.1, 0.15) is 5.75 Å². The zero-order valence-electron chi connectivity index (χ0n) is 24.0. The third-order valence-electron chi connectivity index (χ3n) is 9.32. The standard InChI is InChI=1S/C34H38N4O5/c39-29-11-9-26(27-10-12-31(41)36-32(27)29)30(40)20-35-16-13-22-5-4-8-25(19-22)34(37-33(42)43,24-6-2-1-3-7-24)28-21-38-17-14-23(28)15-18-38/h1-12,19,23,28,30,35,37,39-40H,13-18,20-21H2,(H,36,41)(H,42,43). The fourth-order valence-corrected chi connectivity index (χ4v) is 7.26. The second-order valence-electron chi connectivity index (χ2n) is 11.8. The van der Waals surface area contributed by atoms with Crippen LogP contribution in [0.2, 0.25) is 0 Å². The fourth-order valence-electron chi connectivity index (χ4n) is 7.26. The number of piperidine rings is 3. The second-order valence-corrected chi connectivity index (χ2v) is 11.8. The number of rotatable bonds is 10. The molecule has 0 radical (unpaired) electrons. The molecule has 0 spiro atoms. The summed E-state index contributed by atoms with van der Waals surface area (Å²) in [5, 5.41) is 38.2. The third-order valence-corrected chi connectivity index (χ3v) is 9.32. The Morgan fingerprint density at radius 3 is 2.49 bits per heavy atom. The molecule has 3 unspecified atom stereocenters. The van der Waals surface area contributed by atoms with Crippen molar-refractivity contribution in [1.29, 1.82) is 0 Å².